The van der Waals surface area contributed by atoms with E-state index >= 15 is 0 Å². The van der Waals surface area contributed by atoms with Gasteiger partial charge in [-0.2, -0.15) is 0 Å². The molecule has 0 saturated heterocycles. The van der Waals surface area contributed by atoms with Gasteiger partial charge in [0.15, 0.2) is 0 Å². The molecule has 62 valence electrons. The summed E-state index contributed by atoms with van der Waals surface area (Å²) in [5, 5.41) is 1.32. The summed E-state index contributed by atoms with van der Waals surface area (Å²) in [4.78, 5) is 1.32. The highest BCUT2D eigenvalue weighted by Crippen LogP contribution is 2.38. The van der Waals surface area contributed by atoms with E-state index in [0.29, 0.717) is 0 Å². The lowest BCUT2D eigenvalue weighted by atomic mass is 9.95. The smallest absolute Gasteiger partial charge is 0.0787 e. The predicted molar refractivity (Wildman–Crippen MR) is 56.2 cm³/mol. The molecule has 0 nitrogen and oxygen atoms in total. The third-order valence-electron chi connectivity index (χ3n) is 2.28. The van der Waals surface area contributed by atoms with Crippen molar-refractivity contribution < 1.29 is 0 Å². The quantitative estimate of drug-likeness (QED) is 0.595. The van der Waals surface area contributed by atoms with Crippen molar-refractivity contribution in [3.63, 3.8) is 0 Å². The molecule has 2 radical (unpaired) electrons. The SMILES string of the molecule is C1=C[C]2C=C[C]1Sc1ccc2cc1. The van der Waals surface area contributed by atoms with Gasteiger partial charge < -0.3 is 0 Å². The van der Waals surface area contributed by atoms with Gasteiger partial charge in [-0.1, -0.05) is 36.4 Å². The van der Waals surface area contributed by atoms with Gasteiger partial charge in [-0.25, -0.2) is 0 Å². The zero-order valence-corrected chi connectivity index (χ0v) is 7.84. The third kappa shape index (κ3) is 1.24. The molecule has 1 heteroatoms. The van der Waals surface area contributed by atoms with Crippen LogP contribution in [0.1, 0.15) is 5.56 Å². The summed E-state index contributed by atoms with van der Waals surface area (Å²) in [7, 11) is 0. The van der Waals surface area contributed by atoms with Crippen LogP contribution in [0.4, 0.5) is 0 Å². The minimum absolute atomic E-state index is 1.30. The highest BCUT2D eigenvalue weighted by Gasteiger charge is 2.16. The Morgan fingerprint density at radius 2 is 1.46 bits per heavy atom. The molecule has 0 unspecified atom stereocenters. The Kier molecular flexibility index (Phi) is 1.59. The maximum Gasteiger partial charge on any atom is 0.0787 e. The summed E-state index contributed by atoms with van der Waals surface area (Å²) in [5.74, 6) is 1.30. The molecule has 0 saturated carbocycles. The summed E-state index contributed by atoms with van der Waals surface area (Å²) in [6, 6.07) is 8.72. The van der Waals surface area contributed by atoms with E-state index in [4.69, 9.17) is 0 Å². The minimum Gasteiger partial charge on any atom is -0.109 e. The van der Waals surface area contributed by atoms with Crippen LogP contribution < -0.4 is 0 Å². The summed E-state index contributed by atoms with van der Waals surface area (Å²) < 4.78 is 0. The molecule has 1 aromatic carbocycles. The van der Waals surface area contributed by atoms with Crippen LogP contribution in [-0.2, 0) is 0 Å². The Balaban J connectivity index is 2.20. The molecule has 0 amide bonds. The Hall–Kier alpha value is -0.950. The topological polar surface area (TPSA) is 0 Å². The Morgan fingerprint density at radius 1 is 0.769 bits per heavy atom. The number of hydrogen-bond acceptors (Lipinski definition) is 1. The van der Waals surface area contributed by atoms with Crippen LogP contribution in [0.3, 0.4) is 0 Å². The number of thioether (sulfide) groups is 1. The standard InChI is InChI=1S/C12H8S/c1-5-11-6-2-9(1)10-3-7-12(13-11)8-4-10/h1-8H. The average molecular weight is 184 g/mol. The van der Waals surface area contributed by atoms with Crippen molar-refractivity contribution in [1.29, 1.82) is 0 Å². The van der Waals surface area contributed by atoms with Crippen molar-refractivity contribution in [3.8, 4) is 0 Å². The second-order valence-corrected chi connectivity index (χ2v) is 4.30. The van der Waals surface area contributed by atoms with E-state index in [0.717, 1.165) is 0 Å². The van der Waals surface area contributed by atoms with Crippen LogP contribution in [-0.4, -0.2) is 0 Å². The van der Waals surface area contributed by atoms with Crippen LogP contribution in [0.25, 0.3) is 0 Å². The molecule has 0 aromatic heterocycles. The average Bonchev–Trinajstić information content (AvgIpc) is 2.39. The van der Waals surface area contributed by atoms with Crippen LogP contribution >= 0.6 is 11.8 Å². The lowest BCUT2D eigenvalue weighted by molar-refractivity contribution is 1.31. The molecule has 4 bridgehead atoms. The van der Waals surface area contributed by atoms with Crippen LogP contribution in [0.2, 0.25) is 0 Å². The van der Waals surface area contributed by atoms with Gasteiger partial charge in [0.05, 0.1) is 5.25 Å². The molecule has 0 spiro atoms. The third-order valence-corrected chi connectivity index (χ3v) is 3.29. The van der Waals surface area contributed by atoms with Gasteiger partial charge in [0.2, 0.25) is 0 Å². The van der Waals surface area contributed by atoms with E-state index in [2.05, 4.69) is 48.6 Å². The summed E-state index contributed by atoms with van der Waals surface area (Å²) in [6.07, 6.45) is 8.72. The fourth-order valence-electron chi connectivity index (χ4n) is 1.57. The van der Waals surface area contributed by atoms with Crippen LogP contribution in [0.5, 0.6) is 0 Å². The summed E-state index contributed by atoms with van der Waals surface area (Å²) in [6.45, 7) is 0. The van der Waals surface area contributed by atoms with Gasteiger partial charge in [-0.05, 0) is 17.7 Å². The molecule has 13 heavy (non-hydrogen) atoms. The zero-order chi connectivity index (χ0) is 8.67. The predicted octanol–water partition coefficient (Wildman–Crippen LogP) is 3.37. The van der Waals surface area contributed by atoms with Crippen molar-refractivity contribution in [2.24, 2.45) is 0 Å². The summed E-state index contributed by atoms with van der Waals surface area (Å²) >= 11 is 1.81. The van der Waals surface area contributed by atoms with Gasteiger partial charge in [-0.15, -0.1) is 11.8 Å². The molecular formula is C12H8S. The first-order chi connectivity index (χ1) is 6.42. The monoisotopic (exact) mass is 184 g/mol. The largest absolute Gasteiger partial charge is 0.109 e. The Morgan fingerprint density at radius 3 is 2.15 bits per heavy atom. The van der Waals surface area contributed by atoms with Crippen LogP contribution in [0, 0.1) is 11.2 Å². The molecule has 0 atom stereocenters. The van der Waals surface area contributed by atoms with Crippen molar-refractivity contribution in [1.82, 2.24) is 0 Å². The molecule has 6 rings (SSSR count). The van der Waals surface area contributed by atoms with Crippen molar-refractivity contribution in [2.45, 2.75) is 4.90 Å². The molecule has 0 fully saturated rings. The normalized spacial score (nSPS) is 20.3. The first kappa shape index (κ1) is 7.45. The van der Waals surface area contributed by atoms with Crippen molar-refractivity contribution in [3.05, 3.63) is 65.3 Å². The van der Waals surface area contributed by atoms with E-state index in [1.807, 2.05) is 11.8 Å². The minimum atomic E-state index is 1.30. The maximum atomic E-state index is 2.18. The second kappa shape index (κ2) is 2.78. The van der Waals surface area contributed by atoms with Gasteiger partial charge in [-0.3, -0.25) is 0 Å². The van der Waals surface area contributed by atoms with E-state index in [1.54, 1.807) is 0 Å². The highest BCUT2D eigenvalue weighted by molar-refractivity contribution is 8.02. The lowest BCUT2D eigenvalue weighted by Gasteiger charge is -2.11. The molecule has 4 aliphatic heterocycles. The van der Waals surface area contributed by atoms with E-state index in [9.17, 15) is 0 Å². The Labute approximate surface area is 82.4 Å². The highest BCUT2D eigenvalue weighted by atomic mass is 32.2. The van der Waals surface area contributed by atoms with E-state index in [-0.39, 0.29) is 0 Å². The van der Waals surface area contributed by atoms with Crippen molar-refractivity contribution >= 4 is 11.8 Å². The molecule has 1 aliphatic carbocycles. The molecule has 4 heterocycles. The van der Waals surface area contributed by atoms with Gasteiger partial charge >= 0.3 is 0 Å². The number of benzene rings is 1. The zero-order valence-electron chi connectivity index (χ0n) is 7.03. The first-order valence-electron chi connectivity index (χ1n) is 4.30. The first-order valence-corrected chi connectivity index (χ1v) is 5.12. The fourth-order valence-corrected chi connectivity index (χ4v) is 2.38. The van der Waals surface area contributed by atoms with Gasteiger partial charge in [0.1, 0.15) is 0 Å². The van der Waals surface area contributed by atoms with Gasteiger partial charge in [0.25, 0.3) is 0 Å². The maximum absolute atomic E-state index is 2.18. The van der Waals surface area contributed by atoms with E-state index in [1.165, 1.54) is 21.6 Å². The molecule has 0 N–H and O–H groups in total. The lowest BCUT2D eigenvalue weighted by Crippen LogP contribution is -1.95. The van der Waals surface area contributed by atoms with Crippen LogP contribution in [0.15, 0.2) is 53.5 Å². The Bertz CT molecular complexity index is 359. The second-order valence-electron chi connectivity index (χ2n) is 3.15. The fraction of sp³-hybridized carbons (Fsp3) is 0. The number of hydrogen-bond donors (Lipinski definition) is 0. The molecule has 1 aromatic rings. The number of rotatable bonds is 0. The molecule has 5 aliphatic rings. The van der Waals surface area contributed by atoms with Gasteiger partial charge in [0, 0.05) is 10.8 Å². The van der Waals surface area contributed by atoms with Crippen molar-refractivity contribution in [2.75, 3.05) is 0 Å². The molecular weight excluding hydrogens is 176 g/mol. The van der Waals surface area contributed by atoms with E-state index < -0.39 is 0 Å². The number of allylic oxidation sites excluding steroid dienone is 2. The summed E-state index contributed by atoms with van der Waals surface area (Å²) in [5.41, 5.74) is 1.30.